The third-order valence-electron chi connectivity index (χ3n) is 6.47. The van der Waals surface area contributed by atoms with Gasteiger partial charge in [0.15, 0.2) is 0 Å². The number of methoxy groups -OCH3 is 1. The van der Waals surface area contributed by atoms with Gasteiger partial charge in [-0.25, -0.2) is 9.59 Å². The standard InChI is InChI=1S/C27H38N2O6/c1-27(2,3)23-24(30)29-17-21(16-22(29)25(31)33-4)35-18-20-14-10-9-13-19(20)12-8-6-5-7-11-15-34-26(32)28-23/h8-10,12-14,21-23H,5-7,11,15-18H2,1-4H3,(H,28,32)/b12-8+/t21-,22+,23-/m1/s1. The van der Waals surface area contributed by atoms with Crippen LogP contribution in [0.4, 0.5) is 4.79 Å². The summed E-state index contributed by atoms with van der Waals surface area (Å²) >= 11 is 0. The third-order valence-corrected chi connectivity index (χ3v) is 6.47. The lowest BCUT2D eigenvalue weighted by Gasteiger charge is -2.34. The van der Waals surface area contributed by atoms with E-state index in [1.807, 2.05) is 39.0 Å². The number of cyclic esters (lactones) is 1. The van der Waals surface area contributed by atoms with Crippen LogP contribution < -0.4 is 5.32 Å². The Morgan fingerprint density at radius 3 is 2.66 bits per heavy atom. The Bertz CT molecular complexity index is 922. The van der Waals surface area contributed by atoms with E-state index >= 15 is 0 Å². The number of hydrogen-bond acceptors (Lipinski definition) is 6. The Labute approximate surface area is 208 Å². The van der Waals surface area contributed by atoms with Crippen molar-refractivity contribution in [2.45, 2.75) is 77.7 Å². The van der Waals surface area contributed by atoms with Crippen LogP contribution in [0.3, 0.4) is 0 Å². The molecule has 35 heavy (non-hydrogen) atoms. The Morgan fingerprint density at radius 2 is 1.91 bits per heavy atom. The van der Waals surface area contributed by atoms with Crippen molar-refractivity contribution >= 4 is 24.0 Å². The minimum absolute atomic E-state index is 0.236. The van der Waals surface area contributed by atoms with E-state index in [9.17, 15) is 14.4 Å². The maximum Gasteiger partial charge on any atom is 0.407 e. The number of allylic oxidation sites excluding steroid dienone is 1. The molecule has 0 aliphatic carbocycles. The van der Waals surface area contributed by atoms with Crippen LogP contribution in [0, 0.1) is 5.41 Å². The van der Waals surface area contributed by atoms with Crippen LogP contribution in [0.5, 0.6) is 0 Å². The normalized spacial score (nSPS) is 25.8. The van der Waals surface area contributed by atoms with Gasteiger partial charge in [0.25, 0.3) is 0 Å². The molecule has 1 N–H and O–H groups in total. The molecule has 0 saturated carbocycles. The second-order valence-corrected chi connectivity index (χ2v) is 10.2. The van der Waals surface area contributed by atoms with Gasteiger partial charge < -0.3 is 24.4 Å². The molecule has 3 rings (SSSR count). The second kappa shape index (κ2) is 12.2. The number of benzene rings is 1. The van der Waals surface area contributed by atoms with Gasteiger partial charge in [0, 0.05) is 13.0 Å². The summed E-state index contributed by atoms with van der Waals surface area (Å²) in [4.78, 5) is 40.2. The first-order valence-electron chi connectivity index (χ1n) is 12.4. The Kier molecular flexibility index (Phi) is 9.32. The van der Waals surface area contributed by atoms with Crippen LogP contribution in [0.15, 0.2) is 30.3 Å². The molecule has 0 aromatic heterocycles. The van der Waals surface area contributed by atoms with E-state index in [1.54, 1.807) is 0 Å². The molecule has 2 aliphatic heterocycles. The summed E-state index contributed by atoms with van der Waals surface area (Å²) in [5, 5.41) is 2.74. The van der Waals surface area contributed by atoms with Crippen molar-refractivity contribution < 1.29 is 28.6 Å². The predicted molar refractivity (Wildman–Crippen MR) is 132 cm³/mol. The summed E-state index contributed by atoms with van der Waals surface area (Å²) in [5.74, 6) is -0.845. The maximum atomic E-state index is 13.6. The minimum atomic E-state index is -0.868. The van der Waals surface area contributed by atoms with Gasteiger partial charge in [-0.3, -0.25) is 4.79 Å². The van der Waals surface area contributed by atoms with Gasteiger partial charge in [-0.1, -0.05) is 57.2 Å². The quantitative estimate of drug-likeness (QED) is 0.602. The van der Waals surface area contributed by atoms with Crippen LogP contribution in [-0.4, -0.2) is 61.3 Å². The minimum Gasteiger partial charge on any atom is -0.467 e. The summed E-state index contributed by atoms with van der Waals surface area (Å²) in [6.07, 6.45) is 7.22. The van der Waals surface area contributed by atoms with Crippen LogP contribution in [-0.2, 0) is 30.4 Å². The predicted octanol–water partition coefficient (Wildman–Crippen LogP) is 4.07. The highest BCUT2D eigenvalue weighted by Crippen LogP contribution is 2.28. The van der Waals surface area contributed by atoms with Crippen molar-refractivity contribution in [1.29, 1.82) is 0 Å². The Balaban J connectivity index is 1.87. The molecule has 0 spiro atoms. The van der Waals surface area contributed by atoms with E-state index in [0.717, 1.165) is 36.8 Å². The zero-order valence-electron chi connectivity index (χ0n) is 21.2. The van der Waals surface area contributed by atoms with Crippen molar-refractivity contribution in [3.05, 3.63) is 41.5 Å². The average Bonchev–Trinajstić information content (AvgIpc) is 3.25. The smallest absolute Gasteiger partial charge is 0.407 e. The van der Waals surface area contributed by atoms with Gasteiger partial charge >= 0.3 is 12.1 Å². The molecule has 192 valence electrons. The van der Waals surface area contributed by atoms with Crippen molar-refractivity contribution in [3.63, 3.8) is 0 Å². The molecular weight excluding hydrogens is 448 g/mol. The first-order valence-corrected chi connectivity index (χ1v) is 12.4. The Morgan fingerprint density at radius 1 is 1.14 bits per heavy atom. The van der Waals surface area contributed by atoms with Crippen molar-refractivity contribution in [2.24, 2.45) is 5.41 Å². The molecule has 8 nitrogen and oxygen atoms in total. The second-order valence-electron chi connectivity index (χ2n) is 10.2. The number of ether oxygens (including phenoxy) is 3. The van der Waals surface area contributed by atoms with E-state index in [-0.39, 0.29) is 25.2 Å². The van der Waals surface area contributed by atoms with Gasteiger partial charge in [0.1, 0.15) is 12.1 Å². The zero-order chi connectivity index (χ0) is 25.4. The number of rotatable bonds is 1. The third kappa shape index (κ3) is 7.31. The van der Waals surface area contributed by atoms with E-state index in [2.05, 4.69) is 23.5 Å². The Hall–Kier alpha value is -2.87. The van der Waals surface area contributed by atoms with Gasteiger partial charge in [-0.2, -0.15) is 0 Å². The summed E-state index contributed by atoms with van der Waals surface area (Å²) < 4.78 is 16.5. The lowest BCUT2D eigenvalue weighted by atomic mass is 9.85. The number of nitrogens with one attached hydrogen (secondary N) is 1. The number of fused-ring (bicyclic) bond motifs is 3. The highest BCUT2D eigenvalue weighted by molar-refractivity contribution is 5.91. The molecule has 2 heterocycles. The molecule has 2 amide bonds. The highest BCUT2D eigenvalue weighted by Gasteiger charge is 2.46. The SMILES string of the molecule is COC(=O)[C@@H]1C[C@@H]2CN1C(=O)[C@H](C(C)(C)C)NC(=O)OCCCCC/C=C/c1ccccc1CO2. The molecule has 2 bridgehead atoms. The largest absolute Gasteiger partial charge is 0.467 e. The maximum absolute atomic E-state index is 13.6. The van der Waals surface area contributed by atoms with Crippen LogP contribution in [0.25, 0.3) is 6.08 Å². The first-order chi connectivity index (χ1) is 16.7. The number of esters is 1. The van der Waals surface area contributed by atoms with E-state index in [0.29, 0.717) is 13.0 Å². The molecule has 1 fully saturated rings. The van der Waals surface area contributed by atoms with E-state index in [4.69, 9.17) is 14.2 Å². The number of carbonyl (C=O) groups is 3. The monoisotopic (exact) mass is 486 g/mol. The fourth-order valence-electron chi connectivity index (χ4n) is 4.45. The zero-order valence-corrected chi connectivity index (χ0v) is 21.2. The molecular formula is C27H38N2O6. The number of nitrogens with zero attached hydrogens (tertiary/aromatic N) is 1. The van der Waals surface area contributed by atoms with Crippen molar-refractivity contribution in [1.82, 2.24) is 10.2 Å². The van der Waals surface area contributed by atoms with Crippen LogP contribution in [0.2, 0.25) is 0 Å². The van der Waals surface area contributed by atoms with E-state index in [1.165, 1.54) is 12.0 Å². The lowest BCUT2D eigenvalue weighted by Crippen LogP contribution is -2.57. The molecule has 1 aromatic rings. The molecule has 1 aromatic carbocycles. The summed E-state index contributed by atoms with van der Waals surface area (Å²) in [6, 6.07) is 6.41. The first kappa shape index (κ1) is 26.7. The molecule has 8 heteroatoms. The fourth-order valence-corrected chi connectivity index (χ4v) is 4.45. The van der Waals surface area contributed by atoms with Crippen LogP contribution in [0.1, 0.15) is 64.0 Å². The number of carbonyl (C=O) groups excluding carboxylic acids is 3. The number of amides is 2. The van der Waals surface area contributed by atoms with Gasteiger partial charge in [-0.05, 0) is 42.2 Å². The molecule has 1 saturated heterocycles. The van der Waals surface area contributed by atoms with Gasteiger partial charge in [0.2, 0.25) is 5.91 Å². The highest BCUT2D eigenvalue weighted by atomic mass is 16.5. The molecule has 0 radical (unpaired) electrons. The number of alkyl carbamates (subject to hydrolysis) is 1. The van der Waals surface area contributed by atoms with Gasteiger partial charge in [0.05, 0.1) is 26.4 Å². The van der Waals surface area contributed by atoms with Crippen molar-refractivity contribution in [3.8, 4) is 0 Å². The summed E-state index contributed by atoms with van der Waals surface area (Å²) in [7, 11) is 1.31. The number of hydrogen-bond donors (Lipinski definition) is 1. The van der Waals surface area contributed by atoms with E-state index < -0.39 is 29.6 Å². The molecule has 3 atom stereocenters. The van der Waals surface area contributed by atoms with Crippen LogP contribution >= 0.6 is 0 Å². The lowest BCUT2D eigenvalue weighted by molar-refractivity contribution is -0.152. The fraction of sp³-hybridized carbons (Fsp3) is 0.593. The topological polar surface area (TPSA) is 94.2 Å². The average molecular weight is 487 g/mol. The molecule has 2 aliphatic rings. The summed E-state index contributed by atoms with van der Waals surface area (Å²) in [6.45, 7) is 6.49. The molecule has 0 unspecified atom stereocenters. The summed E-state index contributed by atoms with van der Waals surface area (Å²) in [5.41, 5.74) is 1.54. The van der Waals surface area contributed by atoms with Crippen molar-refractivity contribution in [2.75, 3.05) is 20.3 Å². The van der Waals surface area contributed by atoms with Gasteiger partial charge in [-0.15, -0.1) is 0 Å².